The minimum absolute atomic E-state index is 0.338. The average molecular weight is 401 g/mol. The molecule has 2 heterocycles. The van der Waals surface area contributed by atoms with Gasteiger partial charge in [0.1, 0.15) is 4.21 Å². The Kier molecular flexibility index (Phi) is 4.47. The van der Waals surface area contributed by atoms with E-state index >= 15 is 0 Å². The van der Waals surface area contributed by atoms with Crippen LogP contribution in [0.25, 0.3) is 0 Å². The molecule has 0 atom stereocenters. The molecule has 22 heavy (non-hydrogen) atoms. The van der Waals surface area contributed by atoms with Crippen LogP contribution in [-0.2, 0) is 10.0 Å². The predicted molar refractivity (Wildman–Crippen MR) is 95.5 cm³/mol. The Morgan fingerprint density at radius 3 is 2.27 bits per heavy atom. The van der Waals surface area contributed by atoms with Gasteiger partial charge in [0.2, 0.25) is 0 Å². The van der Waals surface area contributed by atoms with Crippen molar-refractivity contribution in [2.24, 2.45) is 0 Å². The van der Waals surface area contributed by atoms with E-state index in [0.29, 0.717) is 9.90 Å². The van der Waals surface area contributed by atoms with Gasteiger partial charge >= 0.3 is 0 Å². The highest BCUT2D eigenvalue weighted by Crippen LogP contribution is 2.31. The van der Waals surface area contributed by atoms with Gasteiger partial charge in [0.15, 0.2) is 0 Å². The minimum atomic E-state index is -3.49. The van der Waals surface area contributed by atoms with Gasteiger partial charge in [-0.15, -0.1) is 11.3 Å². The first-order valence-electron chi connectivity index (χ1n) is 7.08. The van der Waals surface area contributed by atoms with Crippen molar-refractivity contribution in [2.45, 2.75) is 17.1 Å². The molecule has 0 saturated carbocycles. The van der Waals surface area contributed by atoms with Gasteiger partial charge in [0, 0.05) is 25.8 Å². The van der Waals surface area contributed by atoms with Crippen LogP contribution in [0.15, 0.2) is 44.4 Å². The van der Waals surface area contributed by atoms with E-state index < -0.39 is 10.0 Å². The third kappa shape index (κ3) is 3.02. The summed E-state index contributed by atoms with van der Waals surface area (Å²) < 4.78 is 27.7. The summed E-state index contributed by atoms with van der Waals surface area (Å²) in [7, 11) is -1.90. The first kappa shape index (κ1) is 15.8. The summed E-state index contributed by atoms with van der Waals surface area (Å²) in [5, 5.41) is 0. The molecule has 1 aromatic heterocycles. The molecule has 1 aliphatic heterocycles. The van der Waals surface area contributed by atoms with Gasteiger partial charge in [-0.05, 0) is 65.2 Å². The lowest BCUT2D eigenvalue weighted by Crippen LogP contribution is -2.26. The van der Waals surface area contributed by atoms with Crippen LogP contribution in [0, 0.1) is 0 Å². The second kappa shape index (κ2) is 6.22. The lowest BCUT2D eigenvalue weighted by Gasteiger charge is -2.21. The number of thiophene rings is 1. The van der Waals surface area contributed by atoms with Crippen LogP contribution in [0.2, 0.25) is 0 Å². The number of hydrogen-bond acceptors (Lipinski definition) is 4. The van der Waals surface area contributed by atoms with Crippen LogP contribution < -0.4 is 9.21 Å². The summed E-state index contributed by atoms with van der Waals surface area (Å²) in [6.45, 7) is 2.16. The zero-order chi connectivity index (χ0) is 15.7. The smallest absolute Gasteiger partial charge is 0.273 e. The lowest BCUT2D eigenvalue weighted by atomic mass is 10.2. The highest BCUT2D eigenvalue weighted by Gasteiger charge is 2.23. The number of nitrogens with zero attached hydrogens (tertiary/aromatic N) is 2. The highest BCUT2D eigenvalue weighted by molar-refractivity contribution is 9.11. The van der Waals surface area contributed by atoms with Crippen molar-refractivity contribution in [3.8, 4) is 0 Å². The molecule has 4 nitrogen and oxygen atoms in total. The molecule has 1 fully saturated rings. The first-order valence-corrected chi connectivity index (χ1v) is 10.1. The maximum Gasteiger partial charge on any atom is 0.273 e. The van der Waals surface area contributed by atoms with Crippen LogP contribution in [0.5, 0.6) is 0 Å². The van der Waals surface area contributed by atoms with Gasteiger partial charge in [-0.2, -0.15) is 0 Å². The van der Waals surface area contributed by atoms with Crippen LogP contribution in [0.1, 0.15) is 12.8 Å². The first-order chi connectivity index (χ1) is 10.5. The van der Waals surface area contributed by atoms with Crippen LogP contribution >= 0.6 is 27.3 Å². The number of halogens is 1. The summed E-state index contributed by atoms with van der Waals surface area (Å²) in [5.74, 6) is 0. The van der Waals surface area contributed by atoms with Crippen molar-refractivity contribution in [3.05, 3.63) is 40.2 Å². The number of hydrogen-bond donors (Lipinski definition) is 0. The van der Waals surface area contributed by atoms with E-state index in [9.17, 15) is 8.42 Å². The molecule has 2 aromatic rings. The molecule has 7 heteroatoms. The lowest BCUT2D eigenvalue weighted by molar-refractivity contribution is 0.596. The van der Waals surface area contributed by atoms with E-state index in [4.69, 9.17) is 0 Å². The van der Waals surface area contributed by atoms with Crippen molar-refractivity contribution < 1.29 is 8.42 Å². The fourth-order valence-electron chi connectivity index (χ4n) is 2.56. The quantitative estimate of drug-likeness (QED) is 0.780. The molecule has 0 radical (unpaired) electrons. The molecule has 1 aromatic carbocycles. The molecule has 0 amide bonds. The van der Waals surface area contributed by atoms with Crippen LogP contribution in [-0.4, -0.2) is 28.6 Å². The third-order valence-electron chi connectivity index (χ3n) is 3.85. The van der Waals surface area contributed by atoms with E-state index in [2.05, 4.69) is 20.8 Å². The Morgan fingerprint density at radius 2 is 1.73 bits per heavy atom. The maximum atomic E-state index is 12.6. The zero-order valence-corrected chi connectivity index (χ0v) is 15.4. The van der Waals surface area contributed by atoms with Crippen molar-refractivity contribution in [1.82, 2.24) is 0 Å². The second-order valence-electron chi connectivity index (χ2n) is 5.24. The van der Waals surface area contributed by atoms with Crippen molar-refractivity contribution in [2.75, 3.05) is 29.3 Å². The molecule has 1 saturated heterocycles. The largest absolute Gasteiger partial charge is 0.372 e. The van der Waals surface area contributed by atoms with E-state index in [-0.39, 0.29) is 0 Å². The van der Waals surface area contributed by atoms with Crippen LogP contribution in [0.4, 0.5) is 11.4 Å². The molecule has 0 unspecified atom stereocenters. The Bertz CT molecular complexity index is 750. The van der Waals surface area contributed by atoms with Gasteiger partial charge in [0.05, 0.1) is 9.47 Å². The second-order valence-corrected chi connectivity index (χ2v) is 9.90. The Labute approximate surface area is 143 Å². The number of sulfonamides is 1. The van der Waals surface area contributed by atoms with E-state index in [0.717, 1.165) is 22.6 Å². The summed E-state index contributed by atoms with van der Waals surface area (Å²) in [4.78, 5) is 2.33. The summed E-state index contributed by atoms with van der Waals surface area (Å²) in [6, 6.07) is 11.1. The number of rotatable bonds is 4. The van der Waals surface area contributed by atoms with Gasteiger partial charge in [-0.25, -0.2) is 8.42 Å². The van der Waals surface area contributed by atoms with Gasteiger partial charge in [0.25, 0.3) is 10.0 Å². The normalized spacial score (nSPS) is 15.3. The predicted octanol–water partition coefficient (Wildman–Crippen LogP) is 3.94. The standard InChI is InChI=1S/C15H17BrN2O2S2/c1-17(22(19,20)15-9-8-14(16)21-15)12-4-6-13(7-5-12)18-10-2-3-11-18/h4-9H,2-3,10-11H2,1H3. The number of anilines is 2. The molecule has 118 valence electrons. The highest BCUT2D eigenvalue weighted by atomic mass is 79.9. The van der Waals surface area contributed by atoms with Crippen molar-refractivity contribution >= 4 is 48.7 Å². The van der Waals surface area contributed by atoms with Gasteiger partial charge in [-0.3, -0.25) is 4.31 Å². The SMILES string of the molecule is CN(c1ccc(N2CCCC2)cc1)S(=O)(=O)c1ccc(Br)s1. The fourth-order valence-corrected chi connectivity index (χ4v) is 5.94. The molecular formula is C15H17BrN2O2S2. The molecular weight excluding hydrogens is 384 g/mol. The molecule has 0 bridgehead atoms. The van der Waals surface area contributed by atoms with Crippen molar-refractivity contribution in [3.63, 3.8) is 0 Å². The van der Waals surface area contributed by atoms with Gasteiger partial charge < -0.3 is 4.90 Å². The average Bonchev–Trinajstić information content (AvgIpc) is 3.18. The summed E-state index contributed by atoms with van der Waals surface area (Å²) in [6.07, 6.45) is 2.45. The minimum Gasteiger partial charge on any atom is -0.372 e. The molecule has 0 N–H and O–H groups in total. The van der Waals surface area contributed by atoms with E-state index in [1.165, 1.54) is 28.5 Å². The summed E-state index contributed by atoms with van der Waals surface area (Å²) in [5.41, 5.74) is 1.83. The van der Waals surface area contributed by atoms with Crippen LogP contribution in [0.3, 0.4) is 0 Å². The molecule has 1 aliphatic rings. The van der Waals surface area contributed by atoms with E-state index in [1.54, 1.807) is 19.2 Å². The number of benzene rings is 1. The van der Waals surface area contributed by atoms with Crippen molar-refractivity contribution in [1.29, 1.82) is 0 Å². The molecule has 0 spiro atoms. The maximum absolute atomic E-state index is 12.6. The zero-order valence-electron chi connectivity index (χ0n) is 12.2. The Hall–Kier alpha value is -1.05. The topological polar surface area (TPSA) is 40.6 Å². The summed E-state index contributed by atoms with van der Waals surface area (Å²) >= 11 is 4.53. The Morgan fingerprint density at radius 1 is 1.09 bits per heavy atom. The molecule has 0 aliphatic carbocycles. The van der Waals surface area contributed by atoms with E-state index in [1.807, 2.05) is 24.3 Å². The Balaban J connectivity index is 1.84. The third-order valence-corrected chi connectivity index (χ3v) is 7.72. The monoisotopic (exact) mass is 400 g/mol. The molecule has 3 rings (SSSR count). The fraction of sp³-hybridized carbons (Fsp3) is 0.333. The van der Waals surface area contributed by atoms with Gasteiger partial charge in [-0.1, -0.05) is 0 Å².